The van der Waals surface area contributed by atoms with Gasteiger partial charge in [0.15, 0.2) is 0 Å². The molecule has 12 heavy (non-hydrogen) atoms. The molecular weight excluding hydrogens is 172 g/mol. The quantitative estimate of drug-likeness (QED) is 0.613. The molecule has 0 unspecified atom stereocenters. The molecule has 1 aliphatic rings. The van der Waals surface area contributed by atoms with E-state index in [1.54, 1.807) is 11.8 Å². The Balaban J connectivity index is 2.10. The zero-order valence-electron chi connectivity index (χ0n) is 8.04. The van der Waals surface area contributed by atoms with E-state index in [0.29, 0.717) is 0 Å². The van der Waals surface area contributed by atoms with E-state index in [-0.39, 0.29) is 0 Å². The van der Waals surface area contributed by atoms with Crippen molar-refractivity contribution in [3.8, 4) is 0 Å². The van der Waals surface area contributed by atoms with Crippen LogP contribution in [0.1, 0.15) is 0 Å². The summed E-state index contributed by atoms with van der Waals surface area (Å²) in [7, 11) is 6.48. The van der Waals surface area contributed by atoms with Crippen molar-refractivity contribution in [1.29, 1.82) is 0 Å². The number of hydrogen-bond donors (Lipinski definition) is 0. The average Bonchev–Trinajstić information content (AvgIpc) is 2.36. The SMILES string of the molecule is C[N+](C)(C)CCOC1=NCCS1. The molecule has 0 aliphatic carbocycles. The topological polar surface area (TPSA) is 21.6 Å². The Hall–Kier alpha value is -0.220. The molecule has 0 saturated carbocycles. The van der Waals surface area contributed by atoms with Crippen LogP contribution in [0.5, 0.6) is 0 Å². The van der Waals surface area contributed by atoms with Crippen LogP contribution in [0.15, 0.2) is 4.99 Å². The van der Waals surface area contributed by atoms with E-state index in [1.165, 1.54) is 0 Å². The predicted molar refractivity (Wildman–Crippen MR) is 53.6 cm³/mol. The van der Waals surface area contributed by atoms with E-state index < -0.39 is 0 Å². The van der Waals surface area contributed by atoms with Crippen molar-refractivity contribution in [2.45, 2.75) is 0 Å². The lowest BCUT2D eigenvalue weighted by Gasteiger charge is -2.23. The van der Waals surface area contributed by atoms with Gasteiger partial charge in [-0.2, -0.15) is 0 Å². The summed E-state index contributed by atoms with van der Waals surface area (Å²) in [6.45, 7) is 2.72. The molecule has 0 amide bonds. The minimum atomic E-state index is 0.773. The average molecular weight is 189 g/mol. The maximum atomic E-state index is 5.48. The third-order valence-electron chi connectivity index (χ3n) is 1.55. The maximum Gasteiger partial charge on any atom is 0.246 e. The summed E-state index contributed by atoms with van der Waals surface area (Å²) in [5.74, 6) is 1.08. The van der Waals surface area contributed by atoms with E-state index >= 15 is 0 Å². The number of hydrogen-bond acceptors (Lipinski definition) is 3. The second-order valence-electron chi connectivity index (χ2n) is 3.86. The van der Waals surface area contributed by atoms with Crippen LogP contribution in [0.2, 0.25) is 0 Å². The summed E-state index contributed by atoms with van der Waals surface area (Å²) in [4.78, 5) is 4.21. The monoisotopic (exact) mass is 189 g/mol. The first-order chi connectivity index (χ1) is 5.58. The van der Waals surface area contributed by atoms with Gasteiger partial charge in [-0.05, 0) is 0 Å². The van der Waals surface area contributed by atoms with Gasteiger partial charge in [0.05, 0.1) is 27.7 Å². The summed E-state index contributed by atoms with van der Waals surface area (Å²) in [6.07, 6.45) is 0. The van der Waals surface area contributed by atoms with Crippen LogP contribution in [0.4, 0.5) is 0 Å². The first-order valence-electron chi connectivity index (χ1n) is 4.18. The van der Waals surface area contributed by atoms with Gasteiger partial charge < -0.3 is 9.22 Å². The Morgan fingerprint density at radius 3 is 2.75 bits per heavy atom. The van der Waals surface area contributed by atoms with Gasteiger partial charge in [0.25, 0.3) is 0 Å². The van der Waals surface area contributed by atoms with Crippen LogP contribution < -0.4 is 0 Å². The van der Waals surface area contributed by atoms with Gasteiger partial charge in [-0.15, -0.1) is 0 Å². The summed E-state index contributed by atoms with van der Waals surface area (Å²) in [5, 5.41) is 0.878. The zero-order chi connectivity index (χ0) is 9.03. The molecule has 0 aromatic carbocycles. The molecule has 0 bridgehead atoms. The highest BCUT2D eigenvalue weighted by Gasteiger charge is 2.11. The number of aliphatic imine (C=N–C) groups is 1. The number of quaternary nitrogens is 1. The van der Waals surface area contributed by atoms with Crippen LogP contribution in [0.25, 0.3) is 0 Å². The van der Waals surface area contributed by atoms with Gasteiger partial charge in [-0.3, -0.25) is 0 Å². The highest BCUT2D eigenvalue weighted by Crippen LogP contribution is 2.12. The number of rotatable bonds is 3. The van der Waals surface area contributed by atoms with E-state index in [9.17, 15) is 0 Å². The van der Waals surface area contributed by atoms with Crippen LogP contribution >= 0.6 is 11.8 Å². The van der Waals surface area contributed by atoms with Crippen LogP contribution in [0.3, 0.4) is 0 Å². The fourth-order valence-corrected chi connectivity index (χ4v) is 1.52. The summed E-state index contributed by atoms with van der Waals surface area (Å²) >= 11 is 1.71. The first-order valence-corrected chi connectivity index (χ1v) is 5.17. The van der Waals surface area contributed by atoms with E-state index in [2.05, 4.69) is 26.1 Å². The molecule has 0 aromatic heterocycles. The van der Waals surface area contributed by atoms with Crippen LogP contribution in [-0.4, -0.2) is 56.3 Å². The third kappa shape index (κ3) is 3.97. The standard InChI is InChI=1S/C8H17N2OS/c1-10(2,3)5-6-11-8-9-4-7-12-8/h4-7H2,1-3H3/q+1. The van der Waals surface area contributed by atoms with Crippen molar-refractivity contribution in [3.63, 3.8) is 0 Å². The minimum Gasteiger partial charge on any atom is -0.467 e. The minimum absolute atomic E-state index is 0.773. The van der Waals surface area contributed by atoms with Crippen LogP contribution in [0, 0.1) is 0 Å². The lowest BCUT2D eigenvalue weighted by Crippen LogP contribution is -2.37. The molecule has 1 rings (SSSR count). The van der Waals surface area contributed by atoms with Crippen molar-refractivity contribution >= 4 is 17.0 Å². The van der Waals surface area contributed by atoms with Crippen molar-refractivity contribution in [2.75, 3.05) is 46.6 Å². The highest BCUT2D eigenvalue weighted by atomic mass is 32.2. The maximum absolute atomic E-state index is 5.48. The van der Waals surface area contributed by atoms with Crippen LogP contribution in [-0.2, 0) is 4.74 Å². The van der Waals surface area contributed by atoms with Gasteiger partial charge in [-0.1, -0.05) is 11.8 Å². The summed E-state index contributed by atoms with van der Waals surface area (Å²) in [5.41, 5.74) is 0. The van der Waals surface area contributed by atoms with Crippen molar-refractivity contribution < 1.29 is 9.22 Å². The van der Waals surface area contributed by atoms with Gasteiger partial charge >= 0.3 is 0 Å². The zero-order valence-corrected chi connectivity index (χ0v) is 8.86. The Bertz CT molecular complexity index is 174. The third-order valence-corrected chi connectivity index (χ3v) is 2.43. The largest absolute Gasteiger partial charge is 0.467 e. The Labute approximate surface area is 78.4 Å². The lowest BCUT2D eigenvalue weighted by molar-refractivity contribution is -0.870. The predicted octanol–water partition coefficient (Wildman–Crippen LogP) is 0.812. The fourth-order valence-electron chi connectivity index (χ4n) is 0.810. The molecular formula is C8H17N2OS+. The smallest absolute Gasteiger partial charge is 0.246 e. The lowest BCUT2D eigenvalue weighted by atomic mass is 10.5. The second kappa shape index (κ2) is 4.14. The molecule has 0 fully saturated rings. The molecule has 0 aromatic rings. The molecule has 1 heterocycles. The number of ether oxygens (including phenoxy) is 1. The molecule has 0 N–H and O–H groups in total. The van der Waals surface area contributed by atoms with Gasteiger partial charge in [0, 0.05) is 5.75 Å². The number of likely N-dealkylation sites (N-methyl/N-ethyl adjacent to an activating group) is 1. The molecule has 3 nitrogen and oxygen atoms in total. The van der Waals surface area contributed by atoms with Crippen molar-refractivity contribution in [2.24, 2.45) is 4.99 Å². The fraction of sp³-hybridized carbons (Fsp3) is 0.875. The molecule has 70 valence electrons. The number of nitrogens with zero attached hydrogens (tertiary/aromatic N) is 2. The normalized spacial score (nSPS) is 17.8. The first kappa shape index (κ1) is 9.86. The molecule has 1 aliphatic heterocycles. The van der Waals surface area contributed by atoms with E-state index in [4.69, 9.17) is 4.74 Å². The van der Waals surface area contributed by atoms with Gasteiger partial charge in [0.1, 0.15) is 13.2 Å². The second-order valence-corrected chi connectivity index (χ2v) is 4.90. The van der Waals surface area contributed by atoms with Crippen molar-refractivity contribution in [1.82, 2.24) is 0 Å². The number of thioether (sulfide) groups is 1. The van der Waals surface area contributed by atoms with Gasteiger partial charge in [0.2, 0.25) is 5.23 Å². The molecule has 0 spiro atoms. The molecule has 0 saturated heterocycles. The molecule has 0 radical (unpaired) electrons. The molecule has 0 atom stereocenters. The molecule has 4 heteroatoms. The Morgan fingerprint density at radius 2 is 2.25 bits per heavy atom. The Kier molecular flexibility index (Phi) is 3.40. The van der Waals surface area contributed by atoms with Gasteiger partial charge in [-0.25, -0.2) is 4.99 Å². The highest BCUT2D eigenvalue weighted by molar-refractivity contribution is 8.13. The summed E-state index contributed by atoms with van der Waals surface area (Å²) < 4.78 is 6.42. The van der Waals surface area contributed by atoms with Crippen molar-refractivity contribution in [3.05, 3.63) is 0 Å². The Morgan fingerprint density at radius 1 is 1.50 bits per heavy atom. The van der Waals surface area contributed by atoms with E-state index in [1.807, 2.05) is 0 Å². The van der Waals surface area contributed by atoms with E-state index in [0.717, 1.165) is 35.2 Å². The summed E-state index contributed by atoms with van der Waals surface area (Å²) in [6, 6.07) is 0.